The van der Waals surface area contributed by atoms with Crippen molar-refractivity contribution in [3.63, 3.8) is 0 Å². The molecule has 1 N–H and O–H groups in total. The largest absolute Gasteiger partial charge is 0.378 e. The Kier molecular flexibility index (Phi) is 3.29. The van der Waals surface area contributed by atoms with Gasteiger partial charge in [0.25, 0.3) is 0 Å². The van der Waals surface area contributed by atoms with Gasteiger partial charge in [-0.25, -0.2) is 4.98 Å². The lowest BCUT2D eigenvalue weighted by Gasteiger charge is -2.25. The van der Waals surface area contributed by atoms with Crippen molar-refractivity contribution in [2.75, 3.05) is 36.5 Å². The van der Waals surface area contributed by atoms with Crippen LogP contribution in [0.4, 0.5) is 16.1 Å². The molecular weight excluding hydrogens is 252 g/mol. The first-order valence-corrected chi connectivity index (χ1v) is 6.43. The van der Waals surface area contributed by atoms with E-state index >= 15 is 0 Å². The van der Waals surface area contributed by atoms with Crippen molar-refractivity contribution in [3.8, 4) is 0 Å². The Labute approximate surface area is 108 Å². The van der Waals surface area contributed by atoms with Crippen LogP contribution >= 0.6 is 11.3 Å². The molecule has 1 aliphatic heterocycles. The maximum atomic E-state index is 5.30. The van der Waals surface area contributed by atoms with Gasteiger partial charge in [-0.15, -0.1) is 10.2 Å². The van der Waals surface area contributed by atoms with Crippen molar-refractivity contribution < 1.29 is 4.74 Å². The van der Waals surface area contributed by atoms with E-state index in [0.717, 1.165) is 36.6 Å². The summed E-state index contributed by atoms with van der Waals surface area (Å²) in [6.07, 6.45) is 4.91. The molecule has 3 heterocycles. The molecule has 2 aromatic rings. The highest BCUT2D eigenvalue weighted by Crippen LogP contribution is 2.26. The standard InChI is InChI=1S/C10H12N6OS/c1-2-12-8(7-11-1)13-9-14-15-10(18-9)16-3-5-17-6-4-16/h1-2,7H,3-6H2,(H,12,13,14). The van der Waals surface area contributed by atoms with Crippen molar-refractivity contribution in [1.29, 1.82) is 0 Å². The number of hydrogen-bond donors (Lipinski definition) is 1. The van der Waals surface area contributed by atoms with Crippen LogP contribution in [0.3, 0.4) is 0 Å². The van der Waals surface area contributed by atoms with Crippen molar-refractivity contribution in [2.24, 2.45) is 0 Å². The highest BCUT2D eigenvalue weighted by Gasteiger charge is 2.15. The first kappa shape index (κ1) is 11.3. The number of nitrogens with one attached hydrogen (secondary N) is 1. The van der Waals surface area contributed by atoms with E-state index in [-0.39, 0.29) is 0 Å². The summed E-state index contributed by atoms with van der Waals surface area (Å²) in [7, 11) is 0. The summed E-state index contributed by atoms with van der Waals surface area (Å²) in [5, 5.41) is 13.0. The molecule has 0 spiro atoms. The maximum Gasteiger partial charge on any atom is 0.213 e. The molecule has 0 bridgehead atoms. The molecule has 0 aliphatic carbocycles. The minimum atomic E-state index is 0.669. The van der Waals surface area contributed by atoms with Crippen LogP contribution in [-0.4, -0.2) is 46.5 Å². The number of nitrogens with zero attached hydrogens (tertiary/aromatic N) is 5. The molecule has 94 valence electrons. The van der Waals surface area contributed by atoms with Crippen LogP contribution in [0.1, 0.15) is 0 Å². The van der Waals surface area contributed by atoms with Gasteiger partial charge < -0.3 is 15.0 Å². The molecule has 0 radical (unpaired) electrons. The van der Waals surface area contributed by atoms with E-state index in [0.29, 0.717) is 5.82 Å². The fraction of sp³-hybridized carbons (Fsp3) is 0.400. The first-order chi connectivity index (χ1) is 8.92. The molecule has 2 aromatic heterocycles. The fourth-order valence-electron chi connectivity index (χ4n) is 1.62. The topological polar surface area (TPSA) is 76.1 Å². The van der Waals surface area contributed by atoms with Crippen LogP contribution in [0.15, 0.2) is 18.6 Å². The molecule has 7 nitrogen and oxygen atoms in total. The Balaban J connectivity index is 1.69. The average molecular weight is 264 g/mol. The van der Waals surface area contributed by atoms with Crippen LogP contribution in [0.25, 0.3) is 0 Å². The Morgan fingerprint density at radius 2 is 2.11 bits per heavy atom. The summed E-state index contributed by atoms with van der Waals surface area (Å²) in [5.74, 6) is 0.669. The predicted octanol–water partition coefficient (Wildman–Crippen LogP) is 0.908. The summed E-state index contributed by atoms with van der Waals surface area (Å²) in [6, 6.07) is 0. The highest BCUT2D eigenvalue weighted by atomic mass is 32.1. The second-order valence-electron chi connectivity index (χ2n) is 3.70. The second kappa shape index (κ2) is 5.23. The minimum absolute atomic E-state index is 0.669. The zero-order chi connectivity index (χ0) is 12.2. The molecule has 1 fully saturated rings. The van der Waals surface area contributed by atoms with E-state index in [4.69, 9.17) is 4.74 Å². The third-order valence-corrected chi connectivity index (χ3v) is 3.39. The Morgan fingerprint density at radius 1 is 1.22 bits per heavy atom. The molecule has 8 heteroatoms. The molecule has 0 aromatic carbocycles. The van der Waals surface area contributed by atoms with Crippen LogP contribution in [0.2, 0.25) is 0 Å². The maximum absolute atomic E-state index is 5.30. The van der Waals surface area contributed by atoms with E-state index in [1.807, 2.05) is 0 Å². The SMILES string of the molecule is c1cnc(Nc2nnc(N3CCOCC3)s2)cn1. The molecule has 18 heavy (non-hydrogen) atoms. The monoisotopic (exact) mass is 264 g/mol. The number of rotatable bonds is 3. The van der Waals surface area contributed by atoms with Gasteiger partial charge in [-0.05, 0) is 0 Å². The quantitative estimate of drug-likeness (QED) is 0.882. The lowest BCUT2D eigenvalue weighted by Crippen LogP contribution is -2.36. The van der Waals surface area contributed by atoms with E-state index in [9.17, 15) is 0 Å². The first-order valence-electron chi connectivity index (χ1n) is 5.61. The number of ether oxygens (including phenoxy) is 1. The summed E-state index contributed by atoms with van der Waals surface area (Å²) >= 11 is 1.50. The van der Waals surface area contributed by atoms with E-state index < -0.39 is 0 Å². The van der Waals surface area contributed by atoms with Gasteiger partial charge in [-0.3, -0.25) is 4.98 Å². The van der Waals surface area contributed by atoms with Crippen LogP contribution in [0, 0.1) is 0 Å². The van der Waals surface area contributed by atoms with Crippen molar-refractivity contribution in [3.05, 3.63) is 18.6 Å². The van der Waals surface area contributed by atoms with Gasteiger partial charge in [0.1, 0.15) is 0 Å². The normalized spacial score (nSPS) is 15.7. The van der Waals surface area contributed by atoms with Gasteiger partial charge in [0.2, 0.25) is 10.3 Å². The van der Waals surface area contributed by atoms with Gasteiger partial charge in [0, 0.05) is 25.5 Å². The highest BCUT2D eigenvalue weighted by molar-refractivity contribution is 7.19. The summed E-state index contributed by atoms with van der Waals surface area (Å²) in [4.78, 5) is 10.3. The van der Waals surface area contributed by atoms with Crippen molar-refractivity contribution >= 4 is 27.4 Å². The van der Waals surface area contributed by atoms with Gasteiger partial charge in [-0.2, -0.15) is 0 Å². The van der Waals surface area contributed by atoms with Crippen LogP contribution < -0.4 is 10.2 Å². The third-order valence-electron chi connectivity index (χ3n) is 2.49. The third kappa shape index (κ3) is 2.54. The second-order valence-corrected chi connectivity index (χ2v) is 4.66. The summed E-state index contributed by atoms with van der Waals surface area (Å²) in [5.41, 5.74) is 0. The van der Waals surface area contributed by atoms with Crippen LogP contribution in [-0.2, 0) is 4.74 Å². The van der Waals surface area contributed by atoms with Crippen molar-refractivity contribution in [2.45, 2.75) is 0 Å². The van der Waals surface area contributed by atoms with Gasteiger partial charge >= 0.3 is 0 Å². The Morgan fingerprint density at radius 3 is 2.89 bits per heavy atom. The van der Waals surface area contributed by atoms with Crippen LogP contribution in [0.5, 0.6) is 0 Å². The van der Waals surface area contributed by atoms with Crippen molar-refractivity contribution in [1.82, 2.24) is 20.2 Å². The Hall–Kier alpha value is -1.80. The average Bonchev–Trinajstić information content (AvgIpc) is 2.89. The summed E-state index contributed by atoms with van der Waals surface area (Å²) < 4.78 is 5.30. The lowest BCUT2D eigenvalue weighted by molar-refractivity contribution is 0.122. The molecule has 1 aliphatic rings. The van der Waals surface area contributed by atoms with E-state index in [1.54, 1.807) is 18.6 Å². The molecule has 0 atom stereocenters. The number of anilines is 3. The lowest BCUT2D eigenvalue weighted by atomic mass is 10.5. The number of morpholine rings is 1. The zero-order valence-electron chi connectivity index (χ0n) is 9.61. The van der Waals surface area contributed by atoms with E-state index in [2.05, 4.69) is 30.4 Å². The molecule has 1 saturated heterocycles. The summed E-state index contributed by atoms with van der Waals surface area (Å²) in [6.45, 7) is 3.21. The minimum Gasteiger partial charge on any atom is -0.378 e. The molecule has 3 rings (SSSR count). The smallest absolute Gasteiger partial charge is 0.213 e. The number of aromatic nitrogens is 4. The molecule has 0 saturated carbocycles. The fourth-order valence-corrected chi connectivity index (χ4v) is 2.43. The van der Waals surface area contributed by atoms with Gasteiger partial charge in [0.15, 0.2) is 5.82 Å². The number of hydrogen-bond acceptors (Lipinski definition) is 8. The molecular formula is C10H12N6OS. The van der Waals surface area contributed by atoms with Gasteiger partial charge in [-0.1, -0.05) is 11.3 Å². The van der Waals surface area contributed by atoms with E-state index in [1.165, 1.54) is 11.3 Å². The molecule has 0 unspecified atom stereocenters. The Bertz CT molecular complexity index is 498. The van der Waals surface area contributed by atoms with Gasteiger partial charge in [0.05, 0.1) is 19.4 Å². The molecule has 0 amide bonds. The zero-order valence-corrected chi connectivity index (χ0v) is 10.4. The predicted molar refractivity (Wildman–Crippen MR) is 68.3 cm³/mol.